The van der Waals surface area contributed by atoms with Crippen molar-refractivity contribution in [1.82, 2.24) is 14.8 Å². The van der Waals surface area contributed by atoms with Gasteiger partial charge in [0.15, 0.2) is 11.0 Å². The van der Waals surface area contributed by atoms with E-state index in [-0.39, 0.29) is 23.9 Å². The number of alkyl halides is 3. The predicted octanol–water partition coefficient (Wildman–Crippen LogP) is 4.28. The molecule has 0 fully saturated rings. The summed E-state index contributed by atoms with van der Waals surface area (Å²) in [5.74, 6) is 0.0323. The summed E-state index contributed by atoms with van der Waals surface area (Å²) in [4.78, 5) is 12.1. The van der Waals surface area contributed by atoms with Gasteiger partial charge in [0.1, 0.15) is 18.2 Å². The van der Waals surface area contributed by atoms with Crippen molar-refractivity contribution >= 4 is 23.4 Å². The lowest BCUT2D eigenvalue weighted by Gasteiger charge is -2.10. The van der Waals surface area contributed by atoms with E-state index in [2.05, 4.69) is 15.5 Å². The Hall–Kier alpha value is -3.08. The van der Waals surface area contributed by atoms with Gasteiger partial charge in [-0.3, -0.25) is 4.79 Å². The lowest BCUT2D eigenvalue weighted by atomic mass is 10.2. The van der Waals surface area contributed by atoms with E-state index in [1.807, 2.05) is 0 Å². The molecule has 0 aliphatic heterocycles. The van der Waals surface area contributed by atoms with Gasteiger partial charge in [-0.2, -0.15) is 13.2 Å². The van der Waals surface area contributed by atoms with E-state index in [4.69, 9.17) is 4.74 Å². The summed E-state index contributed by atoms with van der Waals surface area (Å²) in [7, 11) is 1.69. The van der Waals surface area contributed by atoms with E-state index < -0.39 is 17.6 Å². The minimum absolute atomic E-state index is 0.0572. The van der Waals surface area contributed by atoms with Gasteiger partial charge in [-0.15, -0.1) is 10.2 Å². The summed E-state index contributed by atoms with van der Waals surface area (Å²) in [6, 6.07) is 9.92. The zero-order valence-corrected chi connectivity index (χ0v) is 16.4. The number of amides is 1. The van der Waals surface area contributed by atoms with Gasteiger partial charge in [0.2, 0.25) is 5.91 Å². The molecule has 0 unspecified atom stereocenters. The van der Waals surface area contributed by atoms with Crippen molar-refractivity contribution in [2.45, 2.75) is 17.9 Å². The first kappa shape index (κ1) is 21.6. The van der Waals surface area contributed by atoms with Crippen molar-refractivity contribution in [3.8, 4) is 5.75 Å². The quantitative estimate of drug-likeness (QED) is 0.439. The maximum atomic E-state index is 12.9. The smallest absolute Gasteiger partial charge is 0.416 e. The van der Waals surface area contributed by atoms with Crippen LogP contribution in [0, 0.1) is 5.82 Å². The van der Waals surface area contributed by atoms with Crippen LogP contribution in [0.2, 0.25) is 0 Å². The summed E-state index contributed by atoms with van der Waals surface area (Å²) in [6.07, 6.45) is -4.49. The van der Waals surface area contributed by atoms with Gasteiger partial charge < -0.3 is 14.6 Å². The van der Waals surface area contributed by atoms with E-state index in [1.54, 1.807) is 11.6 Å². The highest BCUT2D eigenvalue weighted by Gasteiger charge is 2.30. The Morgan fingerprint density at radius 1 is 1.17 bits per heavy atom. The van der Waals surface area contributed by atoms with E-state index in [9.17, 15) is 22.4 Å². The van der Waals surface area contributed by atoms with Crippen LogP contribution in [-0.4, -0.2) is 26.4 Å². The highest BCUT2D eigenvalue weighted by atomic mass is 32.2. The number of halogens is 4. The molecule has 0 saturated carbocycles. The Labute approximate surface area is 173 Å². The molecule has 0 bridgehead atoms. The van der Waals surface area contributed by atoms with Crippen LogP contribution in [0.1, 0.15) is 11.4 Å². The minimum atomic E-state index is -4.49. The van der Waals surface area contributed by atoms with Crippen LogP contribution < -0.4 is 10.1 Å². The van der Waals surface area contributed by atoms with Crippen molar-refractivity contribution in [2.75, 3.05) is 11.1 Å². The molecule has 0 radical (unpaired) electrons. The van der Waals surface area contributed by atoms with Crippen LogP contribution in [0.15, 0.2) is 53.7 Å². The van der Waals surface area contributed by atoms with Gasteiger partial charge in [-0.05, 0) is 42.5 Å². The maximum Gasteiger partial charge on any atom is 0.416 e. The summed E-state index contributed by atoms with van der Waals surface area (Å²) >= 11 is 1.08. The Morgan fingerprint density at radius 3 is 2.60 bits per heavy atom. The van der Waals surface area contributed by atoms with Crippen molar-refractivity contribution in [3.63, 3.8) is 0 Å². The number of anilines is 1. The average molecular weight is 440 g/mol. The second-order valence-electron chi connectivity index (χ2n) is 6.12. The van der Waals surface area contributed by atoms with Gasteiger partial charge >= 0.3 is 6.18 Å². The molecule has 0 aliphatic rings. The van der Waals surface area contributed by atoms with Crippen molar-refractivity contribution < 1.29 is 27.1 Å². The zero-order chi connectivity index (χ0) is 21.7. The van der Waals surface area contributed by atoms with E-state index in [0.717, 1.165) is 23.9 Å². The van der Waals surface area contributed by atoms with Crippen LogP contribution in [0.4, 0.5) is 23.2 Å². The first-order valence-electron chi connectivity index (χ1n) is 8.59. The molecular weight excluding hydrogens is 424 g/mol. The number of nitrogens with one attached hydrogen (secondary N) is 1. The van der Waals surface area contributed by atoms with Crippen LogP contribution in [0.5, 0.6) is 5.75 Å². The SMILES string of the molecule is Cn1c(COc2ccc(F)cc2)nnc1SCC(=O)Nc1cccc(C(F)(F)F)c1. The lowest BCUT2D eigenvalue weighted by molar-refractivity contribution is -0.137. The van der Waals surface area contributed by atoms with Gasteiger partial charge in [-0.25, -0.2) is 4.39 Å². The second-order valence-corrected chi connectivity index (χ2v) is 7.06. The summed E-state index contributed by atoms with van der Waals surface area (Å²) in [6.45, 7) is 0.0894. The third-order valence-corrected chi connectivity index (χ3v) is 4.93. The second kappa shape index (κ2) is 9.16. The van der Waals surface area contributed by atoms with E-state index in [0.29, 0.717) is 16.7 Å². The monoisotopic (exact) mass is 440 g/mol. The standard InChI is InChI=1S/C19H16F4N4O2S/c1-27-16(10-29-15-7-5-13(20)6-8-15)25-26-18(27)30-11-17(28)24-14-4-2-3-12(9-14)19(21,22)23/h2-9H,10-11H2,1H3,(H,24,28). The van der Waals surface area contributed by atoms with Crippen LogP contribution in [-0.2, 0) is 24.6 Å². The predicted molar refractivity (Wildman–Crippen MR) is 103 cm³/mol. The van der Waals surface area contributed by atoms with Crippen LogP contribution >= 0.6 is 11.8 Å². The normalized spacial score (nSPS) is 11.4. The molecular formula is C19H16F4N4O2S. The van der Waals surface area contributed by atoms with Crippen molar-refractivity contribution in [1.29, 1.82) is 0 Å². The molecule has 1 heterocycles. The fourth-order valence-electron chi connectivity index (χ4n) is 2.38. The third-order valence-electron chi connectivity index (χ3n) is 3.91. The largest absolute Gasteiger partial charge is 0.486 e. The lowest BCUT2D eigenvalue weighted by Crippen LogP contribution is -2.15. The Bertz CT molecular complexity index is 1020. The third kappa shape index (κ3) is 5.72. The Balaban J connectivity index is 1.53. The van der Waals surface area contributed by atoms with Crippen LogP contribution in [0.3, 0.4) is 0 Å². The Morgan fingerprint density at radius 2 is 1.90 bits per heavy atom. The number of rotatable bonds is 7. The van der Waals surface area contributed by atoms with E-state index >= 15 is 0 Å². The van der Waals surface area contributed by atoms with Gasteiger partial charge in [-0.1, -0.05) is 17.8 Å². The molecule has 11 heteroatoms. The first-order chi connectivity index (χ1) is 14.2. The molecule has 2 aromatic carbocycles. The zero-order valence-electron chi connectivity index (χ0n) is 15.6. The number of aromatic nitrogens is 3. The number of hydrogen-bond donors (Lipinski definition) is 1. The average Bonchev–Trinajstić information content (AvgIpc) is 3.05. The molecule has 158 valence electrons. The maximum absolute atomic E-state index is 12.9. The number of nitrogens with zero attached hydrogens (tertiary/aromatic N) is 3. The molecule has 6 nitrogen and oxygen atoms in total. The number of carbonyl (C=O) groups is 1. The first-order valence-corrected chi connectivity index (χ1v) is 9.57. The number of hydrogen-bond acceptors (Lipinski definition) is 5. The topological polar surface area (TPSA) is 69.0 Å². The fraction of sp³-hybridized carbons (Fsp3) is 0.211. The Kier molecular flexibility index (Phi) is 6.60. The van der Waals surface area contributed by atoms with Gasteiger partial charge in [0.25, 0.3) is 0 Å². The summed E-state index contributed by atoms with van der Waals surface area (Å²) in [5, 5.41) is 10.8. The number of benzene rings is 2. The van der Waals surface area contributed by atoms with Crippen LogP contribution in [0.25, 0.3) is 0 Å². The summed E-state index contributed by atoms with van der Waals surface area (Å²) < 4.78 is 58.3. The molecule has 0 aliphatic carbocycles. The molecule has 0 saturated heterocycles. The molecule has 3 rings (SSSR count). The van der Waals surface area contributed by atoms with E-state index in [1.165, 1.54) is 36.4 Å². The number of ether oxygens (including phenoxy) is 1. The summed E-state index contributed by atoms with van der Waals surface area (Å²) in [5.41, 5.74) is -0.783. The minimum Gasteiger partial charge on any atom is -0.486 e. The van der Waals surface area contributed by atoms with Crippen molar-refractivity contribution in [3.05, 3.63) is 65.7 Å². The molecule has 30 heavy (non-hydrogen) atoms. The fourth-order valence-corrected chi connectivity index (χ4v) is 3.11. The molecule has 1 N–H and O–H groups in total. The highest BCUT2D eigenvalue weighted by Crippen LogP contribution is 2.30. The highest BCUT2D eigenvalue weighted by molar-refractivity contribution is 7.99. The molecule has 0 atom stereocenters. The molecule has 1 amide bonds. The molecule has 3 aromatic rings. The van der Waals surface area contributed by atoms with Gasteiger partial charge in [0, 0.05) is 12.7 Å². The molecule has 0 spiro atoms. The van der Waals surface area contributed by atoms with Crippen molar-refractivity contribution in [2.24, 2.45) is 7.05 Å². The number of carbonyl (C=O) groups excluding carboxylic acids is 1. The molecule has 1 aromatic heterocycles. The van der Waals surface area contributed by atoms with Gasteiger partial charge in [0.05, 0.1) is 11.3 Å². The number of thioether (sulfide) groups is 1.